The van der Waals surface area contributed by atoms with E-state index in [9.17, 15) is 18.0 Å². The van der Waals surface area contributed by atoms with Gasteiger partial charge in [-0.15, -0.1) is 0 Å². The molecule has 0 saturated heterocycles. The van der Waals surface area contributed by atoms with Crippen LogP contribution in [0.4, 0.5) is 13.2 Å². The molecule has 2 aromatic heterocycles. The first-order valence-corrected chi connectivity index (χ1v) is 6.20. The molecule has 110 valence electrons. The Bertz CT molecular complexity index is 823. The summed E-state index contributed by atoms with van der Waals surface area (Å²) in [6.07, 6.45) is 3.11. The molecule has 0 aliphatic carbocycles. The molecule has 0 aliphatic heterocycles. The lowest BCUT2D eigenvalue weighted by Gasteiger charge is -2.02. The van der Waals surface area contributed by atoms with E-state index in [0.29, 0.717) is 11.8 Å². The second kappa shape index (κ2) is 5.44. The van der Waals surface area contributed by atoms with E-state index < -0.39 is 17.6 Å². The predicted octanol–water partition coefficient (Wildman–Crippen LogP) is 3.16. The van der Waals surface area contributed by atoms with Crippen molar-refractivity contribution in [1.29, 1.82) is 0 Å². The van der Waals surface area contributed by atoms with Gasteiger partial charge in [0.05, 0.1) is 11.3 Å². The van der Waals surface area contributed by atoms with Crippen LogP contribution in [0.25, 0.3) is 16.9 Å². The van der Waals surface area contributed by atoms with E-state index in [-0.39, 0.29) is 16.9 Å². The fourth-order valence-electron chi connectivity index (χ4n) is 2.02. The van der Waals surface area contributed by atoms with Crippen molar-refractivity contribution < 1.29 is 18.0 Å². The second-order valence-electron chi connectivity index (χ2n) is 4.49. The molecule has 0 atom stereocenters. The summed E-state index contributed by atoms with van der Waals surface area (Å²) >= 11 is 0. The van der Waals surface area contributed by atoms with Crippen molar-refractivity contribution in [2.24, 2.45) is 0 Å². The Morgan fingerprint density at radius 1 is 1.05 bits per heavy atom. The first-order valence-electron chi connectivity index (χ1n) is 6.20. The lowest BCUT2D eigenvalue weighted by molar-refractivity contribution is 0.112. The van der Waals surface area contributed by atoms with Crippen molar-refractivity contribution in [3.05, 3.63) is 65.9 Å². The number of hydrogen-bond donors (Lipinski definition) is 0. The lowest BCUT2D eigenvalue weighted by atomic mass is 10.1. The Morgan fingerprint density at radius 3 is 2.36 bits per heavy atom. The maximum Gasteiger partial charge on any atom is 0.212 e. The van der Waals surface area contributed by atoms with Gasteiger partial charge >= 0.3 is 0 Å². The SMILES string of the molecule is O=Cc1cn(-c2cc(F)cc(F)c2)nc1-c1ccc(F)nc1. The van der Waals surface area contributed by atoms with Crippen LogP contribution in [-0.2, 0) is 0 Å². The summed E-state index contributed by atoms with van der Waals surface area (Å²) in [6.45, 7) is 0. The third-order valence-corrected chi connectivity index (χ3v) is 2.98. The van der Waals surface area contributed by atoms with Crippen molar-refractivity contribution >= 4 is 6.29 Å². The molecule has 0 fully saturated rings. The Kier molecular flexibility index (Phi) is 3.46. The van der Waals surface area contributed by atoms with Crippen LogP contribution in [0.1, 0.15) is 10.4 Å². The number of carbonyl (C=O) groups is 1. The van der Waals surface area contributed by atoms with Gasteiger partial charge in [-0.3, -0.25) is 4.79 Å². The highest BCUT2D eigenvalue weighted by atomic mass is 19.1. The molecule has 0 unspecified atom stereocenters. The molecular weight excluding hydrogens is 295 g/mol. The Hall–Kier alpha value is -2.96. The lowest BCUT2D eigenvalue weighted by Crippen LogP contribution is -1.97. The maximum absolute atomic E-state index is 13.3. The molecule has 22 heavy (non-hydrogen) atoms. The van der Waals surface area contributed by atoms with Crippen LogP contribution >= 0.6 is 0 Å². The standard InChI is InChI=1S/C15H8F3N3O/c16-11-3-12(17)5-13(4-11)21-7-10(8-22)15(20-21)9-1-2-14(18)19-6-9/h1-8H. The molecule has 0 aliphatic rings. The first kappa shape index (κ1) is 14.0. The first-order chi connectivity index (χ1) is 10.6. The van der Waals surface area contributed by atoms with E-state index in [1.807, 2.05) is 0 Å². The van der Waals surface area contributed by atoms with Crippen molar-refractivity contribution in [2.45, 2.75) is 0 Å². The zero-order valence-corrected chi connectivity index (χ0v) is 11.0. The summed E-state index contributed by atoms with van der Waals surface area (Å²) in [4.78, 5) is 14.6. The van der Waals surface area contributed by atoms with E-state index in [1.54, 1.807) is 0 Å². The van der Waals surface area contributed by atoms with Gasteiger partial charge in [0.25, 0.3) is 0 Å². The van der Waals surface area contributed by atoms with Crippen LogP contribution in [-0.4, -0.2) is 21.1 Å². The van der Waals surface area contributed by atoms with Gasteiger partial charge in [0, 0.05) is 24.0 Å². The largest absolute Gasteiger partial charge is 0.298 e. The normalized spacial score (nSPS) is 10.7. The van der Waals surface area contributed by atoms with E-state index >= 15 is 0 Å². The Morgan fingerprint density at radius 2 is 1.77 bits per heavy atom. The van der Waals surface area contributed by atoms with Gasteiger partial charge in [-0.2, -0.15) is 9.49 Å². The number of hydrogen-bond acceptors (Lipinski definition) is 3. The quantitative estimate of drug-likeness (QED) is 0.551. The van der Waals surface area contributed by atoms with E-state index in [4.69, 9.17) is 0 Å². The third-order valence-electron chi connectivity index (χ3n) is 2.98. The van der Waals surface area contributed by atoms with Crippen LogP contribution < -0.4 is 0 Å². The van der Waals surface area contributed by atoms with Gasteiger partial charge in [0.15, 0.2) is 6.29 Å². The summed E-state index contributed by atoms with van der Waals surface area (Å²) in [6, 6.07) is 5.44. The Balaban J connectivity index is 2.12. The molecule has 0 amide bonds. The minimum absolute atomic E-state index is 0.127. The number of halogens is 3. The van der Waals surface area contributed by atoms with Gasteiger partial charge < -0.3 is 0 Å². The molecule has 0 bridgehead atoms. The number of pyridine rings is 1. The smallest absolute Gasteiger partial charge is 0.212 e. The van der Waals surface area contributed by atoms with Crippen LogP contribution in [0.3, 0.4) is 0 Å². The zero-order valence-electron chi connectivity index (χ0n) is 11.0. The van der Waals surface area contributed by atoms with Gasteiger partial charge in [0.1, 0.15) is 17.3 Å². The number of aldehydes is 1. The molecule has 0 N–H and O–H groups in total. The molecule has 1 aromatic carbocycles. The highest BCUT2D eigenvalue weighted by molar-refractivity contribution is 5.85. The number of carbonyl (C=O) groups excluding carboxylic acids is 1. The van der Waals surface area contributed by atoms with Crippen LogP contribution in [0.15, 0.2) is 42.7 Å². The average molecular weight is 303 g/mol. The molecule has 2 heterocycles. The summed E-state index contributed by atoms with van der Waals surface area (Å²) in [5.41, 5.74) is 0.978. The van der Waals surface area contributed by atoms with Crippen molar-refractivity contribution in [2.75, 3.05) is 0 Å². The van der Waals surface area contributed by atoms with E-state index in [1.165, 1.54) is 23.1 Å². The van der Waals surface area contributed by atoms with Gasteiger partial charge in [-0.25, -0.2) is 18.4 Å². The number of nitrogens with zero attached hydrogens (tertiary/aromatic N) is 3. The maximum atomic E-state index is 13.3. The fraction of sp³-hybridized carbons (Fsp3) is 0. The molecule has 4 nitrogen and oxygen atoms in total. The molecule has 0 spiro atoms. The monoisotopic (exact) mass is 303 g/mol. The van der Waals surface area contributed by atoms with Crippen LogP contribution in [0.2, 0.25) is 0 Å². The van der Waals surface area contributed by atoms with Gasteiger partial charge in [-0.1, -0.05) is 0 Å². The van der Waals surface area contributed by atoms with E-state index in [0.717, 1.165) is 24.3 Å². The highest BCUT2D eigenvalue weighted by Crippen LogP contribution is 2.22. The molecule has 3 rings (SSSR count). The second-order valence-corrected chi connectivity index (χ2v) is 4.49. The minimum Gasteiger partial charge on any atom is -0.298 e. The predicted molar refractivity (Wildman–Crippen MR) is 72.1 cm³/mol. The van der Waals surface area contributed by atoms with Crippen molar-refractivity contribution in [3.63, 3.8) is 0 Å². The molecule has 0 saturated carbocycles. The topological polar surface area (TPSA) is 47.8 Å². The van der Waals surface area contributed by atoms with Crippen molar-refractivity contribution in [3.8, 4) is 16.9 Å². The van der Waals surface area contributed by atoms with Crippen LogP contribution in [0, 0.1) is 17.6 Å². The van der Waals surface area contributed by atoms with Crippen molar-refractivity contribution in [1.82, 2.24) is 14.8 Å². The molecule has 0 radical (unpaired) electrons. The van der Waals surface area contributed by atoms with Crippen LogP contribution in [0.5, 0.6) is 0 Å². The summed E-state index contributed by atoms with van der Waals surface area (Å²) < 4.78 is 40.6. The molecule has 7 heteroatoms. The zero-order chi connectivity index (χ0) is 15.7. The summed E-state index contributed by atoms with van der Waals surface area (Å²) in [5.74, 6) is -2.19. The van der Waals surface area contributed by atoms with Gasteiger partial charge in [-0.05, 0) is 24.3 Å². The van der Waals surface area contributed by atoms with Gasteiger partial charge in [0.2, 0.25) is 5.95 Å². The average Bonchev–Trinajstić information content (AvgIpc) is 2.91. The summed E-state index contributed by atoms with van der Waals surface area (Å²) in [7, 11) is 0. The number of rotatable bonds is 3. The molecule has 3 aromatic rings. The number of aromatic nitrogens is 3. The van der Waals surface area contributed by atoms with E-state index in [2.05, 4.69) is 10.1 Å². The highest BCUT2D eigenvalue weighted by Gasteiger charge is 2.13. The number of benzene rings is 1. The fourth-order valence-corrected chi connectivity index (χ4v) is 2.02. The Labute approximate surface area is 122 Å². The minimum atomic E-state index is -0.761. The summed E-state index contributed by atoms with van der Waals surface area (Å²) in [5, 5.41) is 4.12. The third kappa shape index (κ3) is 2.60. The molecular formula is C15H8F3N3O.